The quantitative estimate of drug-likeness (QED) is 0.415. The zero-order valence-corrected chi connectivity index (χ0v) is 23.8. The van der Waals surface area contributed by atoms with Gasteiger partial charge in [-0.15, -0.1) is 0 Å². The van der Waals surface area contributed by atoms with Crippen molar-refractivity contribution in [1.82, 2.24) is 19.6 Å². The molecule has 0 N–H and O–H groups in total. The van der Waals surface area contributed by atoms with Crippen molar-refractivity contribution in [2.45, 2.75) is 51.0 Å². The van der Waals surface area contributed by atoms with E-state index in [4.69, 9.17) is 9.47 Å². The van der Waals surface area contributed by atoms with Crippen LogP contribution in [0.3, 0.4) is 0 Å². The zero-order valence-electron chi connectivity index (χ0n) is 23.8. The van der Waals surface area contributed by atoms with E-state index < -0.39 is 0 Å². The molecule has 0 fully saturated rings. The number of ether oxygens (including phenoxy) is 2. The van der Waals surface area contributed by atoms with Crippen LogP contribution in [-0.2, 0) is 29.4 Å². The molecule has 0 saturated heterocycles. The molecule has 8 heteroatoms. The molecule has 1 aliphatic rings. The Kier molecular flexibility index (Phi) is 11.2. The molecular weight excluding hydrogens is 504 g/mol. The summed E-state index contributed by atoms with van der Waals surface area (Å²) in [4.78, 5) is 31.2. The van der Waals surface area contributed by atoms with E-state index in [2.05, 4.69) is 17.2 Å². The molecule has 0 bridgehead atoms. The summed E-state index contributed by atoms with van der Waals surface area (Å²) in [5.74, 6) is 0.622. The van der Waals surface area contributed by atoms with Gasteiger partial charge in [0.05, 0.1) is 24.4 Å². The highest BCUT2D eigenvalue weighted by Crippen LogP contribution is 2.23. The number of rotatable bonds is 8. The monoisotopic (exact) mass is 546 g/mol. The van der Waals surface area contributed by atoms with Crippen molar-refractivity contribution >= 4 is 11.8 Å². The molecule has 2 aromatic carbocycles. The second-order valence-corrected chi connectivity index (χ2v) is 10.5. The van der Waals surface area contributed by atoms with Gasteiger partial charge in [0.15, 0.2) is 0 Å². The number of para-hydroxylation sites is 1. The third-order valence-electron chi connectivity index (χ3n) is 7.44. The third-order valence-corrected chi connectivity index (χ3v) is 7.44. The van der Waals surface area contributed by atoms with E-state index in [1.807, 2.05) is 71.7 Å². The number of fused-ring (bicyclic) bond motifs is 1. The molecule has 4 rings (SSSR count). The molecule has 1 aromatic heterocycles. The second kappa shape index (κ2) is 15.2. The van der Waals surface area contributed by atoms with E-state index in [-0.39, 0.29) is 17.9 Å². The van der Waals surface area contributed by atoms with Gasteiger partial charge in [0.2, 0.25) is 5.91 Å². The van der Waals surface area contributed by atoms with Crippen LogP contribution < -0.4 is 4.74 Å². The maximum Gasteiger partial charge on any atom is 0.257 e. The van der Waals surface area contributed by atoms with Crippen LogP contribution in [0.5, 0.6) is 5.75 Å². The number of benzene rings is 2. The molecule has 0 unspecified atom stereocenters. The van der Waals surface area contributed by atoms with Gasteiger partial charge < -0.3 is 19.3 Å². The van der Waals surface area contributed by atoms with Crippen molar-refractivity contribution in [3.8, 4) is 5.75 Å². The fourth-order valence-corrected chi connectivity index (χ4v) is 5.23. The summed E-state index contributed by atoms with van der Waals surface area (Å²) < 4.78 is 13.4. The van der Waals surface area contributed by atoms with Gasteiger partial charge in [-0.2, -0.15) is 5.10 Å². The van der Waals surface area contributed by atoms with Crippen molar-refractivity contribution in [1.29, 1.82) is 0 Å². The first kappa shape index (κ1) is 29.3. The minimum atomic E-state index is -0.167. The van der Waals surface area contributed by atoms with E-state index in [0.717, 1.165) is 36.8 Å². The maximum atomic E-state index is 13.7. The van der Waals surface area contributed by atoms with Gasteiger partial charge >= 0.3 is 0 Å². The Morgan fingerprint density at radius 3 is 2.50 bits per heavy atom. The van der Waals surface area contributed by atoms with Gasteiger partial charge in [0.1, 0.15) is 12.4 Å². The van der Waals surface area contributed by atoms with E-state index in [1.54, 1.807) is 11.8 Å². The normalized spacial score (nSPS) is 17.1. The lowest BCUT2D eigenvalue weighted by Crippen LogP contribution is -2.46. The highest BCUT2D eigenvalue weighted by molar-refractivity contribution is 5.97. The van der Waals surface area contributed by atoms with Crippen molar-refractivity contribution < 1.29 is 19.1 Å². The molecule has 2 amide bonds. The van der Waals surface area contributed by atoms with Crippen LogP contribution in [0.25, 0.3) is 0 Å². The van der Waals surface area contributed by atoms with Gasteiger partial charge in [-0.3, -0.25) is 14.3 Å². The Morgan fingerprint density at radius 1 is 1.00 bits per heavy atom. The van der Waals surface area contributed by atoms with E-state index in [9.17, 15) is 9.59 Å². The number of hydrogen-bond donors (Lipinski definition) is 0. The topological polar surface area (TPSA) is 76.9 Å². The number of amides is 2. The molecule has 0 spiro atoms. The van der Waals surface area contributed by atoms with E-state index in [1.165, 1.54) is 0 Å². The van der Waals surface area contributed by atoms with Crippen molar-refractivity contribution in [2.24, 2.45) is 7.05 Å². The highest BCUT2D eigenvalue weighted by Gasteiger charge is 2.26. The number of aryl methyl sites for hydroxylation is 2. The Balaban J connectivity index is 1.59. The summed E-state index contributed by atoms with van der Waals surface area (Å²) in [7, 11) is 3.54. The number of carbonyl (C=O) groups excluding carboxylic acids is 2. The molecule has 0 aliphatic carbocycles. The largest absolute Gasteiger partial charge is 0.491 e. The van der Waals surface area contributed by atoms with Crippen LogP contribution in [-0.4, -0.2) is 77.4 Å². The Bertz CT molecular complexity index is 1210. The number of methoxy groups -OCH3 is 1. The average molecular weight is 547 g/mol. The summed E-state index contributed by atoms with van der Waals surface area (Å²) in [5.41, 5.74) is 2.75. The summed E-state index contributed by atoms with van der Waals surface area (Å²) in [6.45, 7) is 2.68. The molecule has 2 heterocycles. The van der Waals surface area contributed by atoms with Crippen molar-refractivity contribution in [3.63, 3.8) is 0 Å². The van der Waals surface area contributed by atoms with Crippen LogP contribution >= 0.6 is 0 Å². The van der Waals surface area contributed by atoms with Crippen LogP contribution in [0.1, 0.15) is 53.6 Å². The summed E-state index contributed by atoms with van der Waals surface area (Å²) in [6.07, 6.45) is 9.33. The lowest BCUT2D eigenvalue weighted by Gasteiger charge is -2.33. The lowest BCUT2D eigenvalue weighted by molar-refractivity contribution is -0.134. The maximum absolute atomic E-state index is 13.7. The predicted octanol–water partition coefficient (Wildman–Crippen LogP) is 4.53. The van der Waals surface area contributed by atoms with Gasteiger partial charge in [0, 0.05) is 46.4 Å². The highest BCUT2D eigenvalue weighted by atomic mass is 16.5. The molecule has 0 radical (unpaired) electrons. The number of nitrogens with zero attached hydrogens (tertiary/aromatic N) is 4. The minimum absolute atomic E-state index is 0.0475. The average Bonchev–Trinajstić information content (AvgIpc) is 3.40. The third kappa shape index (κ3) is 8.42. The van der Waals surface area contributed by atoms with Crippen LogP contribution in [0.4, 0.5) is 0 Å². The van der Waals surface area contributed by atoms with Crippen molar-refractivity contribution in [2.75, 3.05) is 40.0 Å². The fraction of sp³-hybridized carbons (Fsp3) is 0.469. The lowest BCUT2D eigenvalue weighted by atomic mass is 10.0. The van der Waals surface area contributed by atoms with Crippen LogP contribution in [0.15, 0.2) is 67.0 Å². The first-order chi connectivity index (χ1) is 19.5. The second-order valence-electron chi connectivity index (χ2n) is 10.5. The molecule has 214 valence electrons. The first-order valence-electron chi connectivity index (χ1n) is 14.4. The van der Waals surface area contributed by atoms with Gasteiger partial charge in [-0.1, -0.05) is 55.3 Å². The summed E-state index contributed by atoms with van der Waals surface area (Å²) in [6, 6.07) is 17.5. The van der Waals surface area contributed by atoms with E-state index >= 15 is 0 Å². The van der Waals surface area contributed by atoms with Gasteiger partial charge in [-0.05, 0) is 48.9 Å². The number of aromatic nitrogens is 2. The Morgan fingerprint density at radius 2 is 1.75 bits per heavy atom. The standard InChI is InChI=1S/C32H42N4O4/c1-34-24-27(23-33-34)16-17-31(37)36-19-11-4-3-10-18-35(20-21-39-2)32(38)29-14-8-9-15-30(29)40-25-28(36)22-26-12-6-5-7-13-26/h5-9,12-15,23-24,28H,3-4,10-11,16-22,25H2,1-2H3/t28-/m0/s1. The SMILES string of the molecule is COCCN1CCCCCCN(C(=O)CCc2cnn(C)c2)[C@@H](Cc2ccccc2)COc2ccccc2C1=O. The molecule has 8 nitrogen and oxygen atoms in total. The zero-order chi connectivity index (χ0) is 28.2. The number of hydrogen-bond acceptors (Lipinski definition) is 5. The molecule has 0 saturated carbocycles. The fourth-order valence-electron chi connectivity index (χ4n) is 5.23. The summed E-state index contributed by atoms with van der Waals surface area (Å²) >= 11 is 0. The Labute approximate surface area is 237 Å². The molecule has 40 heavy (non-hydrogen) atoms. The molecule has 1 atom stereocenters. The Hall–Kier alpha value is -3.65. The smallest absolute Gasteiger partial charge is 0.257 e. The molecule has 3 aromatic rings. The van der Waals surface area contributed by atoms with E-state index in [0.29, 0.717) is 63.4 Å². The van der Waals surface area contributed by atoms with Crippen molar-refractivity contribution in [3.05, 3.63) is 83.7 Å². The number of carbonyl (C=O) groups is 2. The predicted molar refractivity (Wildman–Crippen MR) is 155 cm³/mol. The van der Waals surface area contributed by atoms with Crippen LogP contribution in [0.2, 0.25) is 0 Å². The first-order valence-corrected chi connectivity index (χ1v) is 14.4. The molecule has 1 aliphatic heterocycles. The van der Waals surface area contributed by atoms with Gasteiger partial charge in [0.25, 0.3) is 5.91 Å². The molecular formula is C32H42N4O4. The minimum Gasteiger partial charge on any atom is -0.491 e. The van der Waals surface area contributed by atoms with Gasteiger partial charge in [-0.25, -0.2) is 0 Å². The summed E-state index contributed by atoms with van der Waals surface area (Å²) in [5, 5.41) is 4.25. The van der Waals surface area contributed by atoms with Crippen LogP contribution in [0, 0.1) is 0 Å².